The van der Waals surface area contributed by atoms with Crippen LogP contribution in [0.25, 0.3) is 0 Å². The molecule has 0 aliphatic carbocycles. The molecule has 0 spiro atoms. The van der Waals surface area contributed by atoms with E-state index in [1.807, 2.05) is 13.0 Å². The van der Waals surface area contributed by atoms with Gasteiger partial charge < -0.3 is 19.5 Å². The van der Waals surface area contributed by atoms with Gasteiger partial charge in [-0.1, -0.05) is 11.6 Å². The zero-order valence-corrected chi connectivity index (χ0v) is 11.0. The summed E-state index contributed by atoms with van der Waals surface area (Å²) in [6, 6.07) is 1.93. The minimum Gasteiger partial charge on any atom is -0.486 e. The van der Waals surface area contributed by atoms with Crippen molar-refractivity contribution in [3.8, 4) is 11.5 Å². The van der Waals surface area contributed by atoms with E-state index in [0.717, 1.165) is 36.6 Å². The number of hydrogen-bond donors (Lipinski definition) is 1. The lowest BCUT2D eigenvalue weighted by Crippen LogP contribution is -2.33. The van der Waals surface area contributed by atoms with Gasteiger partial charge in [-0.2, -0.15) is 0 Å². The maximum atomic E-state index is 6.26. The Morgan fingerprint density at radius 1 is 1.22 bits per heavy atom. The van der Waals surface area contributed by atoms with Crippen molar-refractivity contribution in [3.63, 3.8) is 0 Å². The fraction of sp³-hybridized carbons (Fsp3) is 0.538. The summed E-state index contributed by atoms with van der Waals surface area (Å²) >= 11 is 6.26. The standard InChI is InChI=1S/C13H16ClNO3/c1-8-9(11-7-15-2-3-16-11)6-10(14)13-12(8)17-4-5-18-13/h6,11,15H,2-5,7H2,1H3. The average molecular weight is 270 g/mol. The van der Waals surface area contributed by atoms with Crippen LogP contribution in [-0.2, 0) is 4.74 Å². The third-order valence-electron chi connectivity index (χ3n) is 3.33. The maximum absolute atomic E-state index is 6.26. The highest BCUT2D eigenvalue weighted by Crippen LogP contribution is 2.43. The zero-order chi connectivity index (χ0) is 12.5. The maximum Gasteiger partial charge on any atom is 0.180 e. The molecule has 4 nitrogen and oxygen atoms in total. The summed E-state index contributed by atoms with van der Waals surface area (Å²) in [6.45, 7) is 5.56. The molecule has 0 bridgehead atoms. The Kier molecular flexibility index (Phi) is 3.33. The van der Waals surface area contributed by atoms with Crippen LogP contribution in [0.4, 0.5) is 0 Å². The highest BCUT2D eigenvalue weighted by Gasteiger charge is 2.25. The molecule has 0 amide bonds. The van der Waals surface area contributed by atoms with Crippen molar-refractivity contribution in [2.45, 2.75) is 13.0 Å². The van der Waals surface area contributed by atoms with Crippen LogP contribution in [0.1, 0.15) is 17.2 Å². The molecule has 1 saturated heterocycles. The monoisotopic (exact) mass is 269 g/mol. The molecule has 0 radical (unpaired) electrons. The molecule has 1 fully saturated rings. The Morgan fingerprint density at radius 3 is 2.72 bits per heavy atom. The van der Waals surface area contributed by atoms with Crippen molar-refractivity contribution in [2.75, 3.05) is 32.9 Å². The van der Waals surface area contributed by atoms with E-state index in [1.165, 1.54) is 0 Å². The first-order valence-electron chi connectivity index (χ1n) is 6.18. The van der Waals surface area contributed by atoms with Crippen molar-refractivity contribution in [1.82, 2.24) is 5.32 Å². The van der Waals surface area contributed by atoms with Crippen LogP contribution in [0, 0.1) is 6.92 Å². The smallest absolute Gasteiger partial charge is 0.180 e. The quantitative estimate of drug-likeness (QED) is 0.847. The highest BCUT2D eigenvalue weighted by atomic mass is 35.5. The molecule has 0 saturated carbocycles. The van der Waals surface area contributed by atoms with Crippen LogP contribution < -0.4 is 14.8 Å². The fourth-order valence-electron chi connectivity index (χ4n) is 2.42. The first kappa shape index (κ1) is 12.1. The predicted octanol–water partition coefficient (Wildman–Crippen LogP) is 2.08. The van der Waals surface area contributed by atoms with Crippen molar-refractivity contribution in [1.29, 1.82) is 0 Å². The van der Waals surface area contributed by atoms with E-state index in [0.29, 0.717) is 24.0 Å². The summed E-state index contributed by atoms with van der Waals surface area (Å²) in [5, 5.41) is 3.92. The Morgan fingerprint density at radius 2 is 2.00 bits per heavy atom. The predicted molar refractivity (Wildman–Crippen MR) is 68.7 cm³/mol. The molecule has 1 unspecified atom stereocenters. The number of morpholine rings is 1. The molecule has 2 heterocycles. The van der Waals surface area contributed by atoms with Crippen LogP contribution in [0.15, 0.2) is 6.07 Å². The molecule has 1 aromatic rings. The first-order chi connectivity index (χ1) is 8.77. The van der Waals surface area contributed by atoms with Crippen molar-refractivity contribution < 1.29 is 14.2 Å². The number of nitrogens with one attached hydrogen (secondary N) is 1. The Hall–Kier alpha value is -0.970. The topological polar surface area (TPSA) is 39.7 Å². The molecular formula is C13H16ClNO3. The normalized spacial score (nSPS) is 22.9. The van der Waals surface area contributed by atoms with Crippen LogP contribution in [-0.4, -0.2) is 32.9 Å². The molecule has 1 aromatic carbocycles. The van der Waals surface area contributed by atoms with E-state index in [2.05, 4.69) is 5.32 Å². The summed E-state index contributed by atoms with van der Waals surface area (Å²) in [4.78, 5) is 0. The van der Waals surface area contributed by atoms with E-state index >= 15 is 0 Å². The third kappa shape index (κ3) is 2.05. The molecule has 0 aromatic heterocycles. The summed E-state index contributed by atoms with van der Waals surface area (Å²) in [5.41, 5.74) is 2.14. The van der Waals surface area contributed by atoms with E-state index in [9.17, 15) is 0 Å². The number of rotatable bonds is 1. The van der Waals surface area contributed by atoms with E-state index in [4.69, 9.17) is 25.8 Å². The molecule has 2 aliphatic heterocycles. The van der Waals surface area contributed by atoms with E-state index in [1.54, 1.807) is 0 Å². The van der Waals surface area contributed by atoms with Gasteiger partial charge in [0.1, 0.15) is 13.2 Å². The van der Waals surface area contributed by atoms with Gasteiger partial charge in [0.2, 0.25) is 0 Å². The zero-order valence-electron chi connectivity index (χ0n) is 10.3. The average Bonchev–Trinajstić information content (AvgIpc) is 2.44. The lowest BCUT2D eigenvalue weighted by molar-refractivity contribution is 0.0269. The Bertz CT molecular complexity index is 458. The lowest BCUT2D eigenvalue weighted by Gasteiger charge is -2.28. The van der Waals surface area contributed by atoms with Crippen LogP contribution in [0.2, 0.25) is 5.02 Å². The van der Waals surface area contributed by atoms with Crippen molar-refractivity contribution in [2.24, 2.45) is 0 Å². The lowest BCUT2D eigenvalue weighted by atomic mass is 10.0. The van der Waals surface area contributed by atoms with Crippen molar-refractivity contribution >= 4 is 11.6 Å². The van der Waals surface area contributed by atoms with Gasteiger partial charge in [-0.3, -0.25) is 0 Å². The second-order valence-corrected chi connectivity index (χ2v) is 4.90. The van der Waals surface area contributed by atoms with Crippen molar-refractivity contribution in [3.05, 3.63) is 22.2 Å². The molecular weight excluding hydrogens is 254 g/mol. The number of ether oxygens (including phenoxy) is 3. The second-order valence-electron chi connectivity index (χ2n) is 4.49. The molecule has 5 heteroatoms. The first-order valence-corrected chi connectivity index (χ1v) is 6.56. The second kappa shape index (κ2) is 4.96. The van der Waals surface area contributed by atoms with E-state index < -0.39 is 0 Å². The number of halogens is 1. The van der Waals surface area contributed by atoms with Gasteiger partial charge in [-0.15, -0.1) is 0 Å². The Labute approximate surface area is 111 Å². The highest BCUT2D eigenvalue weighted by molar-refractivity contribution is 6.32. The molecule has 18 heavy (non-hydrogen) atoms. The van der Waals surface area contributed by atoms with E-state index in [-0.39, 0.29) is 6.10 Å². The molecule has 2 aliphatic rings. The van der Waals surface area contributed by atoms with Gasteiger partial charge in [-0.05, 0) is 18.6 Å². The van der Waals surface area contributed by atoms with Gasteiger partial charge in [-0.25, -0.2) is 0 Å². The number of hydrogen-bond acceptors (Lipinski definition) is 4. The largest absolute Gasteiger partial charge is 0.486 e. The third-order valence-corrected chi connectivity index (χ3v) is 3.61. The SMILES string of the molecule is Cc1c(C2CNCCO2)cc(Cl)c2c1OCCO2. The minimum absolute atomic E-state index is 0.0343. The van der Waals surface area contributed by atoms with Crippen LogP contribution in [0.5, 0.6) is 11.5 Å². The van der Waals surface area contributed by atoms with Gasteiger partial charge in [0.05, 0.1) is 17.7 Å². The summed E-state index contributed by atoms with van der Waals surface area (Å²) in [6.07, 6.45) is 0.0343. The number of fused-ring (bicyclic) bond motifs is 1. The molecule has 3 rings (SSSR count). The van der Waals surface area contributed by atoms with Gasteiger partial charge in [0.15, 0.2) is 11.5 Å². The molecule has 1 N–H and O–H groups in total. The summed E-state index contributed by atoms with van der Waals surface area (Å²) < 4.78 is 17.0. The summed E-state index contributed by atoms with van der Waals surface area (Å²) in [5.74, 6) is 1.42. The van der Waals surface area contributed by atoms with Crippen LogP contribution >= 0.6 is 11.6 Å². The Balaban J connectivity index is 2.01. The molecule has 1 atom stereocenters. The number of benzene rings is 1. The fourth-order valence-corrected chi connectivity index (χ4v) is 2.67. The van der Waals surface area contributed by atoms with Crippen LogP contribution in [0.3, 0.4) is 0 Å². The van der Waals surface area contributed by atoms with Gasteiger partial charge in [0.25, 0.3) is 0 Å². The minimum atomic E-state index is 0.0343. The van der Waals surface area contributed by atoms with Gasteiger partial charge >= 0.3 is 0 Å². The van der Waals surface area contributed by atoms with Gasteiger partial charge in [0, 0.05) is 18.7 Å². The molecule has 98 valence electrons. The summed E-state index contributed by atoms with van der Waals surface area (Å²) in [7, 11) is 0.